The Hall–Kier alpha value is -2.82. The van der Waals surface area contributed by atoms with Gasteiger partial charge in [0.15, 0.2) is 0 Å². The van der Waals surface area contributed by atoms with Crippen LogP contribution in [0.5, 0.6) is 0 Å². The van der Waals surface area contributed by atoms with Gasteiger partial charge in [0, 0.05) is 36.4 Å². The van der Waals surface area contributed by atoms with E-state index >= 15 is 0 Å². The summed E-state index contributed by atoms with van der Waals surface area (Å²) in [5, 5.41) is 9.18. The number of piperidine rings is 1. The lowest BCUT2D eigenvalue weighted by molar-refractivity contribution is -0.137. The van der Waals surface area contributed by atoms with E-state index in [4.69, 9.17) is 0 Å². The van der Waals surface area contributed by atoms with Crippen molar-refractivity contribution in [3.05, 3.63) is 65.7 Å². The van der Waals surface area contributed by atoms with Crippen LogP contribution in [0.2, 0.25) is 0 Å². The van der Waals surface area contributed by atoms with Gasteiger partial charge < -0.3 is 14.9 Å². The number of benzene rings is 2. The first-order valence-electron chi connectivity index (χ1n) is 12.7. The molecule has 0 spiro atoms. The molecule has 180 valence electrons. The Kier molecular flexibility index (Phi) is 5.91. The van der Waals surface area contributed by atoms with Crippen molar-refractivity contribution in [2.24, 2.45) is 23.2 Å². The second-order valence-corrected chi connectivity index (χ2v) is 11.2. The average molecular weight is 461 g/mol. The Morgan fingerprint density at radius 1 is 0.941 bits per heavy atom. The molecule has 4 fully saturated rings. The topological polar surface area (TPSA) is 60.9 Å². The van der Waals surface area contributed by atoms with Gasteiger partial charge in [0.1, 0.15) is 0 Å². The fourth-order valence-corrected chi connectivity index (χ4v) is 7.02. The molecule has 2 bridgehead atoms. The number of hydrogen-bond acceptors (Lipinski definition) is 3. The summed E-state index contributed by atoms with van der Waals surface area (Å²) in [6.45, 7) is 8.94. The molecule has 0 aromatic heterocycles. The van der Waals surface area contributed by atoms with E-state index in [0.29, 0.717) is 34.8 Å². The number of amides is 1. The van der Waals surface area contributed by atoms with Crippen molar-refractivity contribution in [1.29, 1.82) is 0 Å². The van der Waals surface area contributed by atoms with E-state index in [0.717, 1.165) is 43.6 Å². The Morgan fingerprint density at radius 3 is 2.15 bits per heavy atom. The highest BCUT2D eigenvalue weighted by Crippen LogP contribution is 2.62. The van der Waals surface area contributed by atoms with Crippen LogP contribution in [0.15, 0.2) is 54.6 Å². The first-order chi connectivity index (χ1) is 16.3. The number of fused-ring (bicyclic) bond motifs is 2. The molecule has 1 saturated heterocycles. The van der Waals surface area contributed by atoms with Crippen molar-refractivity contribution in [1.82, 2.24) is 4.90 Å². The molecule has 0 unspecified atom stereocenters. The van der Waals surface area contributed by atoms with Gasteiger partial charge in [-0.05, 0) is 85.3 Å². The Morgan fingerprint density at radius 2 is 1.59 bits per heavy atom. The van der Waals surface area contributed by atoms with E-state index in [2.05, 4.69) is 30.6 Å². The molecular weight excluding hydrogens is 424 g/mol. The number of carbonyl (C=O) groups excluding carboxylic acids is 1. The summed E-state index contributed by atoms with van der Waals surface area (Å²) in [4.78, 5) is 29.7. The fraction of sp³-hybridized carbons (Fsp3) is 0.517. The SMILES string of the molecule is C[C@H]1[C@@H](N(C(=O)c2ccccc2)C2CCN(c3ccc(C(=O)O)cc3)CC2)C[C@@H]2C[C@@H]1C2(C)C. The van der Waals surface area contributed by atoms with Crippen LogP contribution in [0.4, 0.5) is 5.69 Å². The number of hydrogen-bond donors (Lipinski definition) is 1. The number of rotatable bonds is 5. The summed E-state index contributed by atoms with van der Waals surface area (Å²) in [5.41, 5.74) is 2.55. The largest absolute Gasteiger partial charge is 0.478 e. The van der Waals surface area contributed by atoms with Gasteiger partial charge in [0.25, 0.3) is 5.91 Å². The number of aromatic carboxylic acids is 1. The number of carboxylic acids is 1. The van der Waals surface area contributed by atoms with Crippen molar-refractivity contribution in [2.45, 2.75) is 58.5 Å². The first-order valence-corrected chi connectivity index (χ1v) is 12.7. The third-order valence-electron chi connectivity index (χ3n) is 9.26. The first kappa shape index (κ1) is 22.9. The number of nitrogens with zero attached hydrogens (tertiary/aromatic N) is 2. The Bertz CT molecular complexity index is 1040. The summed E-state index contributed by atoms with van der Waals surface area (Å²) in [7, 11) is 0. The molecular formula is C29H36N2O3. The molecule has 1 N–H and O–H groups in total. The quantitative estimate of drug-likeness (QED) is 0.634. The predicted molar refractivity (Wildman–Crippen MR) is 134 cm³/mol. The van der Waals surface area contributed by atoms with Crippen molar-refractivity contribution < 1.29 is 14.7 Å². The standard InChI is InChI=1S/C29H36N2O3/c1-19-25-17-22(29(25,2)3)18-26(19)31(27(32)20-7-5-4-6-8-20)24-13-15-30(16-14-24)23-11-9-21(10-12-23)28(33)34/h4-12,19,22,24-26H,13-18H2,1-3H3,(H,33,34)/t19-,22+,25+,26+/m1/s1. The van der Waals surface area contributed by atoms with E-state index in [1.54, 1.807) is 12.1 Å². The minimum atomic E-state index is -0.900. The summed E-state index contributed by atoms with van der Waals surface area (Å²) in [6, 6.07) is 17.5. The van der Waals surface area contributed by atoms with Gasteiger partial charge in [0.2, 0.25) is 0 Å². The second-order valence-electron chi connectivity index (χ2n) is 11.2. The normalized spacial score (nSPS) is 28.1. The zero-order chi connectivity index (χ0) is 24.0. The number of carbonyl (C=O) groups is 2. The van der Waals surface area contributed by atoms with E-state index < -0.39 is 5.97 Å². The molecule has 4 aliphatic rings. The van der Waals surface area contributed by atoms with Crippen molar-refractivity contribution >= 4 is 17.6 Å². The second kappa shape index (κ2) is 8.75. The van der Waals surface area contributed by atoms with E-state index in [1.807, 2.05) is 42.5 Å². The molecule has 0 radical (unpaired) electrons. The zero-order valence-electron chi connectivity index (χ0n) is 20.5. The maximum absolute atomic E-state index is 13.9. The Labute approximate surface area is 202 Å². The Balaban J connectivity index is 1.35. The third-order valence-corrected chi connectivity index (χ3v) is 9.26. The van der Waals surface area contributed by atoms with Crippen LogP contribution < -0.4 is 4.90 Å². The molecule has 34 heavy (non-hydrogen) atoms. The van der Waals surface area contributed by atoms with Crippen LogP contribution in [-0.4, -0.2) is 47.1 Å². The van der Waals surface area contributed by atoms with Crippen LogP contribution in [0.3, 0.4) is 0 Å². The van der Waals surface area contributed by atoms with Gasteiger partial charge in [0.05, 0.1) is 5.56 Å². The molecule has 3 saturated carbocycles. The van der Waals surface area contributed by atoms with Crippen LogP contribution >= 0.6 is 0 Å². The van der Waals surface area contributed by atoms with Gasteiger partial charge >= 0.3 is 5.97 Å². The van der Waals surface area contributed by atoms with Crippen LogP contribution in [0, 0.1) is 23.2 Å². The molecule has 1 amide bonds. The van der Waals surface area contributed by atoms with Crippen molar-refractivity contribution in [2.75, 3.05) is 18.0 Å². The van der Waals surface area contributed by atoms with Gasteiger partial charge in [-0.15, -0.1) is 0 Å². The average Bonchev–Trinajstić information content (AvgIpc) is 2.85. The van der Waals surface area contributed by atoms with E-state index in [1.165, 1.54) is 6.42 Å². The van der Waals surface area contributed by atoms with Crippen LogP contribution in [0.25, 0.3) is 0 Å². The van der Waals surface area contributed by atoms with E-state index in [-0.39, 0.29) is 11.9 Å². The minimum absolute atomic E-state index is 0.181. The summed E-state index contributed by atoms with van der Waals surface area (Å²) < 4.78 is 0. The van der Waals surface area contributed by atoms with Crippen LogP contribution in [0.1, 0.15) is 67.2 Å². The molecule has 5 nitrogen and oxygen atoms in total. The van der Waals surface area contributed by atoms with Gasteiger partial charge in [-0.3, -0.25) is 4.79 Å². The maximum atomic E-state index is 13.9. The van der Waals surface area contributed by atoms with Crippen LogP contribution in [-0.2, 0) is 0 Å². The highest BCUT2D eigenvalue weighted by atomic mass is 16.4. The third kappa shape index (κ3) is 3.89. The molecule has 3 aliphatic carbocycles. The minimum Gasteiger partial charge on any atom is -0.478 e. The van der Waals surface area contributed by atoms with Gasteiger partial charge in [-0.2, -0.15) is 0 Å². The molecule has 1 heterocycles. The van der Waals surface area contributed by atoms with Gasteiger partial charge in [-0.1, -0.05) is 39.0 Å². The van der Waals surface area contributed by atoms with Crippen molar-refractivity contribution in [3.63, 3.8) is 0 Å². The smallest absolute Gasteiger partial charge is 0.335 e. The monoisotopic (exact) mass is 460 g/mol. The highest BCUT2D eigenvalue weighted by molar-refractivity contribution is 5.94. The molecule has 2 aromatic rings. The highest BCUT2D eigenvalue weighted by Gasteiger charge is 2.58. The lowest BCUT2D eigenvalue weighted by Gasteiger charge is -2.64. The van der Waals surface area contributed by atoms with Crippen molar-refractivity contribution in [3.8, 4) is 0 Å². The molecule has 1 aliphatic heterocycles. The lowest BCUT2D eigenvalue weighted by Crippen LogP contribution is -2.63. The number of anilines is 1. The molecule has 6 rings (SSSR count). The van der Waals surface area contributed by atoms with E-state index in [9.17, 15) is 14.7 Å². The fourth-order valence-electron chi connectivity index (χ4n) is 7.02. The lowest BCUT2D eigenvalue weighted by atomic mass is 9.44. The maximum Gasteiger partial charge on any atom is 0.335 e. The predicted octanol–water partition coefficient (Wildman–Crippen LogP) is 5.57. The van der Waals surface area contributed by atoms with Gasteiger partial charge in [-0.25, -0.2) is 4.79 Å². The summed E-state index contributed by atoms with van der Waals surface area (Å²) in [5.74, 6) is 1.19. The zero-order valence-corrected chi connectivity index (χ0v) is 20.5. The summed E-state index contributed by atoms with van der Waals surface area (Å²) >= 11 is 0. The molecule has 4 atom stereocenters. The molecule has 2 aromatic carbocycles. The number of carboxylic acid groups (broad SMARTS) is 1. The molecule has 5 heteroatoms. The summed E-state index contributed by atoms with van der Waals surface area (Å²) in [6.07, 6.45) is 4.28.